The summed E-state index contributed by atoms with van der Waals surface area (Å²) in [5, 5.41) is 44.4. The van der Waals surface area contributed by atoms with Gasteiger partial charge in [0.1, 0.15) is 59.6 Å². The zero-order valence-corrected chi connectivity index (χ0v) is 87.0. The molecular formula is C102H154N34O4. The SMILES string of the molecule is Cc1ccc2c(N)c(N3CCC(N(C)C)C3)nn2c1C.Cc1ccc2c(N)c(N3CCN(C)CC3)nn2c1C.Cc1ccc2c(N)c(N3CCN(CCO)CC3)nn2c1C.Cc1ccc2c(N)c(NCCCN(C)C)nn2c1C.Cc1ccc2c(N)c(OCCN(C)C)nn2c1C.Cc1ccc2c(N)c(OCCN3CCC(N(C)C)C3)nn2c1C.Cc1ccc2c(N)c(OCCn3ccnc3)nn2c1C. The molecule has 0 saturated carbocycles. The first kappa shape index (κ1) is 104. The summed E-state index contributed by atoms with van der Waals surface area (Å²) in [6.45, 7) is 48.0. The van der Waals surface area contributed by atoms with Gasteiger partial charge in [0.15, 0.2) is 23.3 Å². The molecule has 756 valence electrons. The van der Waals surface area contributed by atoms with E-state index in [1.807, 2.05) is 127 Å². The Morgan fingerprint density at radius 1 is 0.357 bits per heavy atom. The van der Waals surface area contributed by atoms with Crippen LogP contribution in [-0.4, -0.2) is 329 Å². The molecule has 0 aliphatic carbocycles. The maximum Gasteiger partial charge on any atom is 0.257 e. The molecule has 16 N–H and O–H groups in total. The van der Waals surface area contributed by atoms with Crippen molar-refractivity contribution < 1.29 is 19.3 Å². The Morgan fingerprint density at radius 2 is 0.700 bits per heavy atom. The third kappa shape index (κ3) is 24.0. The van der Waals surface area contributed by atoms with Crippen LogP contribution in [0, 0.1) is 96.9 Å². The number of nitrogen functional groups attached to an aromatic ring is 7. The number of likely N-dealkylation sites (N-methyl/N-ethyl adjacent to an activating group) is 4. The predicted octanol–water partition coefficient (Wildman–Crippen LogP) is 10.3. The van der Waals surface area contributed by atoms with Crippen molar-refractivity contribution in [2.75, 3.05) is 261 Å². The smallest absolute Gasteiger partial charge is 0.257 e. The fourth-order valence-electron chi connectivity index (χ4n) is 17.5. The molecule has 2 unspecified atom stereocenters. The monoisotopic (exact) mass is 1920 g/mol. The molecule has 0 amide bonds. The third-order valence-electron chi connectivity index (χ3n) is 27.9. The molecule has 0 bridgehead atoms. The van der Waals surface area contributed by atoms with Crippen molar-refractivity contribution in [2.45, 2.75) is 135 Å². The van der Waals surface area contributed by atoms with Gasteiger partial charge in [0.05, 0.1) is 58.1 Å². The fraction of sp³-hybridized carbons (Fsp3) is 0.490. The summed E-state index contributed by atoms with van der Waals surface area (Å²) >= 11 is 0. The number of piperazine rings is 2. The summed E-state index contributed by atoms with van der Waals surface area (Å²) in [7, 11) is 18.9. The van der Waals surface area contributed by atoms with Crippen molar-refractivity contribution in [3.8, 4) is 17.6 Å². The molecule has 15 aromatic heterocycles. The number of nitrogens with two attached hydrogens (primary N) is 7. The van der Waals surface area contributed by atoms with E-state index in [2.05, 4.69) is 241 Å². The van der Waals surface area contributed by atoms with Gasteiger partial charge < -0.3 is 109 Å². The molecule has 19 heterocycles. The van der Waals surface area contributed by atoms with Crippen LogP contribution in [0.4, 0.5) is 63.1 Å². The van der Waals surface area contributed by atoms with E-state index >= 15 is 0 Å². The summed E-state index contributed by atoms with van der Waals surface area (Å²) in [5.41, 5.74) is 71.2. The predicted molar refractivity (Wildman–Crippen MR) is 571 cm³/mol. The van der Waals surface area contributed by atoms with Crippen LogP contribution in [0.3, 0.4) is 0 Å². The van der Waals surface area contributed by atoms with Crippen LogP contribution in [0.5, 0.6) is 17.6 Å². The number of likely N-dealkylation sites (tertiary alicyclic amines) is 1. The average Bonchev–Trinajstić information content (AvgIpc) is 1.61. The number of pyridine rings is 7. The summed E-state index contributed by atoms with van der Waals surface area (Å²) in [6.07, 6.45) is 8.85. The average molecular weight is 1920 g/mol. The van der Waals surface area contributed by atoms with Crippen LogP contribution in [0.1, 0.15) is 98.1 Å². The van der Waals surface area contributed by atoms with E-state index in [4.69, 9.17) is 74.7 Å². The molecule has 0 spiro atoms. The van der Waals surface area contributed by atoms with E-state index in [9.17, 15) is 0 Å². The second kappa shape index (κ2) is 46.3. The van der Waals surface area contributed by atoms with Gasteiger partial charge in [-0.15, -0.1) is 35.7 Å². The van der Waals surface area contributed by atoms with E-state index in [0.717, 1.165) is 242 Å². The van der Waals surface area contributed by atoms with Crippen molar-refractivity contribution in [2.24, 2.45) is 0 Å². The summed E-state index contributed by atoms with van der Waals surface area (Å²) in [6, 6.07) is 29.9. The number of aliphatic hydroxyl groups excluding tert-OH is 1. The normalized spacial score (nSPS) is 15.4. The van der Waals surface area contributed by atoms with E-state index in [0.29, 0.717) is 73.2 Å². The number of aromatic nitrogens is 16. The summed E-state index contributed by atoms with van der Waals surface area (Å²) in [5.74, 6) is 5.08. The minimum Gasteiger partial charge on any atom is -0.474 e. The molecule has 15 aromatic rings. The highest BCUT2D eigenvalue weighted by Gasteiger charge is 2.31. The van der Waals surface area contributed by atoms with Crippen molar-refractivity contribution in [1.82, 2.24) is 111 Å². The van der Waals surface area contributed by atoms with Gasteiger partial charge in [-0.25, -0.2) is 36.6 Å². The molecule has 4 fully saturated rings. The van der Waals surface area contributed by atoms with Crippen LogP contribution in [0.15, 0.2) is 104 Å². The first-order valence-corrected chi connectivity index (χ1v) is 48.7. The van der Waals surface area contributed by atoms with Crippen molar-refractivity contribution in [1.29, 1.82) is 0 Å². The second-order valence-electron chi connectivity index (χ2n) is 38.6. The molecule has 4 saturated heterocycles. The number of fused-ring (bicyclic) bond motifs is 7. The van der Waals surface area contributed by atoms with Gasteiger partial charge in [-0.2, -0.15) is 0 Å². The zero-order valence-electron chi connectivity index (χ0n) is 87.0. The Hall–Kier alpha value is -13.1. The molecular weight excluding hydrogens is 1770 g/mol. The highest BCUT2D eigenvalue weighted by atomic mass is 16.5. The number of nitrogens with zero attached hydrogens (tertiary/aromatic N) is 26. The minimum atomic E-state index is 0.217. The number of ether oxygens (including phenoxy) is 3. The molecule has 38 nitrogen and oxygen atoms in total. The number of nitrogens with one attached hydrogen (secondary N) is 1. The topological polar surface area (TPSA) is 413 Å². The lowest BCUT2D eigenvalue weighted by Gasteiger charge is -2.34. The fourth-order valence-corrected chi connectivity index (χ4v) is 17.5. The molecule has 38 heteroatoms. The van der Waals surface area contributed by atoms with Crippen molar-refractivity contribution >= 4 is 102 Å². The summed E-state index contributed by atoms with van der Waals surface area (Å²) in [4.78, 5) is 26.7. The minimum absolute atomic E-state index is 0.217. The van der Waals surface area contributed by atoms with Crippen LogP contribution < -0.4 is 74.4 Å². The number of anilines is 11. The molecule has 19 rings (SSSR count). The number of hydrogen-bond donors (Lipinski definition) is 9. The molecule has 2 atom stereocenters. The van der Waals surface area contributed by atoms with Gasteiger partial charge in [0.2, 0.25) is 0 Å². The lowest BCUT2D eigenvalue weighted by molar-refractivity contribution is 0.188. The Labute approximate surface area is 824 Å². The van der Waals surface area contributed by atoms with Gasteiger partial charge in [-0.05, 0) is 274 Å². The largest absolute Gasteiger partial charge is 0.474 e. The number of hydrogen-bond acceptors (Lipinski definition) is 30. The van der Waals surface area contributed by atoms with Gasteiger partial charge in [0, 0.05) is 163 Å². The quantitative estimate of drug-likeness (QED) is 0.0254. The number of rotatable bonds is 24. The van der Waals surface area contributed by atoms with Gasteiger partial charge >= 0.3 is 0 Å². The number of aliphatic hydroxyl groups is 1. The van der Waals surface area contributed by atoms with Crippen LogP contribution in [0.2, 0.25) is 0 Å². The van der Waals surface area contributed by atoms with Crippen LogP contribution in [-0.2, 0) is 6.54 Å². The Balaban J connectivity index is 0.000000138. The molecule has 0 aromatic carbocycles. The number of imidazole rings is 1. The lowest BCUT2D eigenvalue weighted by atomic mass is 10.2. The third-order valence-corrected chi connectivity index (χ3v) is 27.9. The second-order valence-corrected chi connectivity index (χ2v) is 38.6. The maximum absolute atomic E-state index is 9.01. The van der Waals surface area contributed by atoms with Crippen LogP contribution in [0.25, 0.3) is 38.6 Å². The standard InChI is InChI=1S/C17H27N5O.C15H23N5O.C15H23N5.C14H17N5O.C14H21N5.C14H23N5.C13H20N4O/c1-12-5-6-15-16(18)17(19-22(15)13(12)2)23-10-9-21-8-7-14(11-21)20(3)4;1-11-3-4-13-14(16)15(17-20(13)12(11)2)19-7-5-18(6-8-19)9-10-21;1-10-5-6-13-14(16)15(17-20(13)11(10)2)19-8-7-12(9-19)18(3)4;1-10-3-4-12-13(15)14(17-19(12)11(10)2)20-8-7-18-6-5-16-9-18;1-10-4-5-12-13(15)14(16-19(12)11(10)2)18-8-6-17(3)7-9-18;1-10-6-7-12-13(15)14(17-19(12)11(10)2)16-8-5-9-18(3)4;1-9-5-6-11-12(14)13(15-17(11)10(9)2)18-8-7-16(3)4/h5-6,14H,7-11,18H2,1-4H3;3-4,21H,5-10,16H2,1-2H3;5-6,12H,7-9,16H2,1-4H3;3-6,9H,7-8,15H2,1-2H3;4-5H,6-9,15H2,1-3H3;6-7H,5,8-9,15H2,1-4H3,(H,16,17);5-6H,7-8,14H2,1-4H3. The van der Waals surface area contributed by atoms with Gasteiger partial charge in [-0.1, -0.05) is 42.5 Å². The number of aryl methyl sites for hydroxylation is 14. The Kier molecular flexibility index (Phi) is 34.5. The molecule has 0 radical (unpaired) electrons. The zero-order chi connectivity index (χ0) is 101. The highest BCUT2D eigenvalue weighted by molar-refractivity contribution is 5.85. The molecule has 4 aliphatic heterocycles. The van der Waals surface area contributed by atoms with Crippen molar-refractivity contribution in [3.05, 3.63) is 182 Å². The van der Waals surface area contributed by atoms with E-state index in [1.54, 1.807) is 12.5 Å². The highest BCUT2D eigenvalue weighted by Crippen LogP contribution is 2.36. The van der Waals surface area contributed by atoms with E-state index in [-0.39, 0.29) is 6.61 Å². The Bertz CT molecular complexity index is 6670. The Morgan fingerprint density at radius 3 is 1.06 bits per heavy atom. The molecule has 140 heavy (non-hydrogen) atoms. The van der Waals surface area contributed by atoms with Crippen molar-refractivity contribution in [3.63, 3.8) is 0 Å². The first-order chi connectivity index (χ1) is 66.8. The van der Waals surface area contributed by atoms with Gasteiger partial charge in [-0.3, -0.25) is 9.80 Å². The lowest BCUT2D eigenvalue weighted by Crippen LogP contribution is -2.47. The van der Waals surface area contributed by atoms with E-state index in [1.165, 1.54) is 51.8 Å². The van der Waals surface area contributed by atoms with Crippen LogP contribution >= 0.6 is 0 Å². The van der Waals surface area contributed by atoms with Gasteiger partial charge in [0.25, 0.3) is 17.6 Å². The van der Waals surface area contributed by atoms with E-state index < -0.39 is 0 Å². The number of β-amino-alcohol motifs (C(OH)–C–C–N with tert-alkyl or cyclic N) is 1. The molecule has 4 aliphatic rings. The summed E-state index contributed by atoms with van der Waals surface area (Å²) < 4.78 is 32.5. The first-order valence-electron chi connectivity index (χ1n) is 48.7. The maximum atomic E-state index is 9.01.